The van der Waals surface area contributed by atoms with E-state index >= 15 is 0 Å². The van der Waals surface area contributed by atoms with Crippen molar-refractivity contribution in [3.63, 3.8) is 0 Å². The highest BCUT2D eigenvalue weighted by Crippen LogP contribution is 2.16. The Morgan fingerprint density at radius 3 is 2.44 bits per heavy atom. The van der Waals surface area contributed by atoms with Gasteiger partial charge in [0, 0.05) is 12.7 Å². The molecule has 0 aromatic heterocycles. The SMILES string of the molecule is C=C(C)C(=O)OCCCC(OC)C(C)(C)O. The zero-order valence-electron chi connectivity index (χ0n) is 10.6. The molecule has 94 valence electrons. The number of carbonyl (C=O) groups excluding carboxylic acids is 1. The van der Waals surface area contributed by atoms with Gasteiger partial charge in [-0.15, -0.1) is 0 Å². The lowest BCUT2D eigenvalue weighted by Gasteiger charge is -2.27. The average molecular weight is 230 g/mol. The molecular weight excluding hydrogens is 208 g/mol. The lowest BCUT2D eigenvalue weighted by molar-refractivity contribution is -0.139. The number of rotatable bonds is 7. The summed E-state index contributed by atoms with van der Waals surface area (Å²) in [7, 11) is 1.56. The van der Waals surface area contributed by atoms with Gasteiger partial charge in [0.1, 0.15) is 0 Å². The number of esters is 1. The zero-order valence-corrected chi connectivity index (χ0v) is 10.6. The lowest BCUT2D eigenvalue weighted by Crippen LogP contribution is -2.37. The number of methoxy groups -OCH3 is 1. The molecule has 0 amide bonds. The lowest BCUT2D eigenvalue weighted by atomic mass is 9.98. The maximum absolute atomic E-state index is 11.1. The summed E-state index contributed by atoms with van der Waals surface area (Å²) in [5.74, 6) is -0.378. The van der Waals surface area contributed by atoms with E-state index in [4.69, 9.17) is 9.47 Å². The molecule has 16 heavy (non-hydrogen) atoms. The molecule has 0 aliphatic heterocycles. The summed E-state index contributed by atoms with van der Waals surface area (Å²) in [5, 5.41) is 9.73. The monoisotopic (exact) mass is 230 g/mol. The van der Waals surface area contributed by atoms with Crippen LogP contribution in [0.15, 0.2) is 12.2 Å². The van der Waals surface area contributed by atoms with Gasteiger partial charge in [-0.3, -0.25) is 0 Å². The Hall–Kier alpha value is -0.870. The minimum absolute atomic E-state index is 0.254. The molecule has 0 bridgehead atoms. The van der Waals surface area contributed by atoms with Crippen LogP contribution in [0.2, 0.25) is 0 Å². The summed E-state index contributed by atoms with van der Waals surface area (Å²) >= 11 is 0. The van der Waals surface area contributed by atoms with Crippen LogP contribution in [0.1, 0.15) is 33.6 Å². The smallest absolute Gasteiger partial charge is 0.333 e. The standard InChI is InChI=1S/C12H22O4/c1-9(2)11(13)16-8-6-7-10(15-5)12(3,4)14/h10,14H,1,6-8H2,2-5H3. The minimum Gasteiger partial charge on any atom is -0.462 e. The second-order valence-corrected chi connectivity index (χ2v) is 4.44. The predicted molar refractivity (Wildman–Crippen MR) is 62.1 cm³/mol. The Balaban J connectivity index is 3.81. The Bertz CT molecular complexity index is 240. The van der Waals surface area contributed by atoms with Crippen molar-refractivity contribution in [2.24, 2.45) is 0 Å². The topological polar surface area (TPSA) is 55.8 Å². The van der Waals surface area contributed by atoms with Gasteiger partial charge in [0.25, 0.3) is 0 Å². The first-order chi connectivity index (χ1) is 7.29. The molecule has 1 N–H and O–H groups in total. The summed E-state index contributed by atoms with van der Waals surface area (Å²) in [6.07, 6.45) is 1.04. The van der Waals surface area contributed by atoms with E-state index in [1.807, 2.05) is 0 Å². The Labute approximate surface area is 97.2 Å². The predicted octanol–water partition coefficient (Wildman–Crippen LogP) is 1.67. The summed E-state index contributed by atoms with van der Waals surface area (Å²) in [4.78, 5) is 11.1. The molecule has 0 heterocycles. The van der Waals surface area contributed by atoms with E-state index in [0.717, 1.165) is 0 Å². The largest absolute Gasteiger partial charge is 0.462 e. The van der Waals surface area contributed by atoms with Gasteiger partial charge in [-0.2, -0.15) is 0 Å². The second-order valence-electron chi connectivity index (χ2n) is 4.44. The maximum Gasteiger partial charge on any atom is 0.333 e. The van der Waals surface area contributed by atoms with Crippen LogP contribution in [0.25, 0.3) is 0 Å². The molecular formula is C12H22O4. The molecule has 0 aromatic carbocycles. The highest BCUT2D eigenvalue weighted by atomic mass is 16.5. The molecule has 4 heteroatoms. The van der Waals surface area contributed by atoms with Crippen LogP contribution >= 0.6 is 0 Å². The van der Waals surface area contributed by atoms with Crippen LogP contribution in [-0.2, 0) is 14.3 Å². The molecule has 0 saturated carbocycles. The molecule has 0 rings (SSSR count). The normalized spacial score (nSPS) is 13.3. The van der Waals surface area contributed by atoms with Crippen molar-refractivity contribution in [2.45, 2.75) is 45.3 Å². The third-order valence-corrected chi connectivity index (χ3v) is 2.26. The highest BCUT2D eigenvalue weighted by molar-refractivity contribution is 5.86. The summed E-state index contributed by atoms with van der Waals surface area (Å²) in [6, 6.07) is 0. The van der Waals surface area contributed by atoms with Gasteiger partial charge < -0.3 is 14.6 Å². The van der Waals surface area contributed by atoms with Gasteiger partial charge in [-0.05, 0) is 33.6 Å². The quantitative estimate of drug-likeness (QED) is 0.410. The van der Waals surface area contributed by atoms with Gasteiger partial charge in [-0.25, -0.2) is 4.79 Å². The van der Waals surface area contributed by atoms with Crippen LogP contribution < -0.4 is 0 Å². The number of ether oxygens (including phenoxy) is 2. The third-order valence-electron chi connectivity index (χ3n) is 2.26. The summed E-state index contributed by atoms with van der Waals surface area (Å²) in [6.45, 7) is 8.81. The van der Waals surface area contributed by atoms with Crippen molar-refractivity contribution in [3.8, 4) is 0 Å². The number of hydrogen-bond acceptors (Lipinski definition) is 4. The van der Waals surface area contributed by atoms with Gasteiger partial charge in [0.2, 0.25) is 0 Å². The Kier molecular flexibility index (Phi) is 6.29. The minimum atomic E-state index is -0.882. The fourth-order valence-corrected chi connectivity index (χ4v) is 1.32. The van der Waals surface area contributed by atoms with E-state index in [0.29, 0.717) is 25.0 Å². The molecule has 0 radical (unpaired) electrons. The Morgan fingerprint density at radius 1 is 1.50 bits per heavy atom. The van der Waals surface area contributed by atoms with Crippen LogP contribution in [0, 0.1) is 0 Å². The summed E-state index contributed by atoms with van der Waals surface area (Å²) in [5.41, 5.74) is -0.488. The molecule has 1 unspecified atom stereocenters. The van der Waals surface area contributed by atoms with E-state index in [9.17, 15) is 9.90 Å². The number of hydrogen-bond donors (Lipinski definition) is 1. The molecule has 1 atom stereocenters. The number of aliphatic hydroxyl groups is 1. The van der Waals surface area contributed by atoms with Crippen LogP contribution in [0.4, 0.5) is 0 Å². The van der Waals surface area contributed by atoms with Crippen molar-refractivity contribution >= 4 is 5.97 Å². The van der Waals surface area contributed by atoms with E-state index in [1.165, 1.54) is 0 Å². The molecule has 0 fully saturated rings. The van der Waals surface area contributed by atoms with Gasteiger partial charge in [-0.1, -0.05) is 6.58 Å². The molecule has 0 spiro atoms. The second kappa shape index (κ2) is 6.66. The Morgan fingerprint density at radius 2 is 2.06 bits per heavy atom. The van der Waals surface area contributed by atoms with Crippen LogP contribution in [0.3, 0.4) is 0 Å². The van der Waals surface area contributed by atoms with E-state index < -0.39 is 5.60 Å². The average Bonchev–Trinajstić information content (AvgIpc) is 2.15. The number of carbonyl (C=O) groups is 1. The van der Waals surface area contributed by atoms with Gasteiger partial charge in [0.15, 0.2) is 0 Å². The fraction of sp³-hybridized carbons (Fsp3) is 0.750. The highest BCUT2D eigenvalue weighted by Gasteiger charge is 2.25. The molecule has 4 nitrogen and oxygen atoms in total. The van der Waals surface area contributed by atoms with Crippen molar-refractivity contribution in [1.82, 2.24) is 0 Å². The van der Waals surface area contributed by atoms with Crippen LogP contribution in [0.5, 0.6) is 0 Å². The van der Waals surface area contributed by atoms with Crippen molar-refractivity contribution in [2.75, 3.05) is 13.7 Å². The van der Waals surface area contributed by atoms with Crippen LogP contribution in [-0.4, -0.2) is 36.5 Å². The van der Waals surface area contributed by atoms with Crippen molar-refractivity contribution in [1.29, 1.82) is 0 Å². The first kappa shape index (κ1) is 15.1. The first-order valence-corrected chi connectivity index (χ1v) is 5.36. The van der Waals surface area contributed by atoms with E-state index in [2.05, 4.69) is 6.58 Å². The summed E-state index contributed by atoms with van der Waals surface area (Å²) < 4.78 is 10.1. The fourth-order valence-electron chi connectivity index (χ4n) is 1.32. The molecule has 0 aromatic rings. The molecule has 0 aliphatic carbocycles. The van der Waals surface area contributed by atoms with Crippen molar-refractivity contribution in [3.05, 3.63) is 12.2 Å². The molecule has 0 aliphatic rings. The van der Waals surface area contributed by atoms with Gasteiger partial charge >= 0.3 is 5.97 Å². The molecule has 0 saturated heterocycles. The van der Waals surface area contributed by atoms with Gasteiger partial charge in [0.05, 0.1) is 18.3 Å². The zero-order chi connectivity index (χ0) is 12.8. The van der Waals surface area contributed by atoms with E-state index in [1.54, 1.807) is 27.9 Å². The van der Waals surface area contributed by atoms with E-state index in [-0.39, 0.29) is 12.1 Å². The third kappa shape index (κ3) is 5.88. The van der Waals surface area contributed by atoms with Crippen molar-refractivity contribution < 1.29 is 19.4 Å². The maximum atomic E-state index is 11.1. The first-order valence-electron chi connectivity index (χ1n) is 5.36.